The first kappa shape index (κ1) is 49.4. The van der Waals surface area contributed by atoms with E-state index in [-0.39, 0.29) is 36.1 Å². The minimum Gasteiger partial charge on any atom is -0.410 e. The van der Waals surface area contributed by atoms with Crippen LogP contribution in [0.4, 0.5) is 10.5 Å². The Bertz CT molecular complexity index is 1120. The average molecular weight is 719 g/mol. The number of methoxy groups -OCH3 is 1. The van der Waals surface area contributed by atoms with Gasteiger partial charge in [0.05, 0.1) is 29.9 Å². The second kappa shape index (κ2) is 29.0. The van der Waals surface area contributed by atoms with E-state index in [0.29, 0.717) is 23.9 Å². The molecule has 1 rings (SSSR count). The zero-order valence-electron chi connectivity index (χ0n) is 30.5. The van der Waals surface area contributed by atoms with E-state index in [1.807, 2.05) is 14.0 Å². The Labute approximate surface area is 295 Å². The van der Waals surface area contributed by atoms with Crippen LogP contribution >= 0.6 is 12.8 Å². The van der Waals surface area contributed by atoms with Gasteiger partial charge in [0.2, 0.25) is 23.6 Å². The van der Waals surface area contributed by atoms with Crippen LogP contribution in [0.1, 0.15) is 54.4 Å². The second-order valence-electron chi connectivity index (χ2n) is 11.0. The summed E-state index contributed by atoms with van der Waals surface area (Å²) in [6.07, 6.45) is -0.784. The molecule has 0 aliphatic rings. The number of benzene rings is 1. The molecule has 0 heterocycles. The summed E-state index contributed by atoms with van der Waals surface area (Å²) in [5.74, 6) is 0.488. The second-order valence-corrected chi connectivity index (χ2v) is 11.3. The van der Waals surface area contributed by atoms with Gasteiger partial charge in [-0.3, -0.25) is 34.0 Å². The van der Waals surface area contributed by atoms with Gasteiger partial charge in [-0.25, -0.2) is 4.79 Å². The Morgan fingerprint density at radius 2 is 1.31 bits per heavy atom. The van der Waals surface area contributed by atoms with E-state index in [9.17, 15) is 34.1 Å². The van der Waals surface area contributed by atoms with Crippen molar-refractivity contribution in [3.8, 4) is 5.75 Å². The number of nitrogens with one attached hydrogen (secondary N) is 6. The Hall–Kier alpha value is -4.00. The first-order valence-electron chi connectivity index (χ1n) is 15.6. The van der Waals surface area contributed by atoms with Crippen LogP contribution in [0.2, 0.25) is 0 Å². The molecule has 18 heteroatoms. The lowest BCUT2D eigenvalue weighted by molar-refractivity contribution is -0.384. The molecule has 17 nitrogen and oxygen atoms in total. The van der Waals surface area contributed by atoms with E-state index in [4.69, 9.17) is 15.2 Å². The third kappa shape index (κ3) is 23.9. The van der Waals surface area contributed by atoms with Crippen LogP contribution < -0.4 is 41.8 Å². The highest BCUT2D eigenvalue weighted by molar-refractivity contribution is 7.78. The van der Waals surface area contributed by atoms with E-state index < -0.39 is 34.9 Å². The number of nitro benzene ring substituents is 1. The molecule has 1 aromatic carbocycles. The van der Waals surface area contributed by atoms with Crippen molar-refractivity contribution in [1.29, 1.82) is 0 Å². The Kier molecular flexibility index (Phi) is 29.2. The normalized spacial score (nSPS) is 12.4. The van der Waals surface area contributed by atoms with Crippen LogP contribution in [0.15, 0.2) is 24.3 Å². The summed E-state index contributed by atoms with van der Waals surface area (Å²) in [7, 11) is 7.55. The van der Waals surface area contributed by atoms with Crippen molar-refractivity contribution in [2.24, 2.45) is 23.5 Å². The van der Waals surface area contributed by atoms with E-state index in [2.05, 4.69) is 78.7 Å². The molecule has 0 aliphatic carbocycles. The molecule has 282 valence electrons. The summed E-state index contributed by atoms with van der Waals surface area (Å²) >= 11 is 3.67. The van der Waals surface area contributed by atoms with E-state index in [1.54, 1.807) is 0 Å². The lowest BCUT2D eigenvalue weighted by Crippen LogP contribution is -2.48. The molecule has 0 spiro atoms. The van der Waals surface area contributed by atoms with Gasteiger partial charge in [0.25, 0.3) is 5.69 Å². The molecule has 0 aliphatic heterocycles. The van der Waals surface area contributed by atoms with Gasteiger partial charge in [0.15, 0.2) is 0 Å². The third-order valence-electron chi connectivity index (χ3n) is 6.71. The number of non-ortho nitro benzene ring substituents is 1. The van der Waals surface area contributed by atoms with Gasteiger partial charge in [0, 0.05) is 54.0 Å². The number of rotatable bonds is 14. The van der Waals surface area contributed by atoms with Crippen molar-refractivity contribution in [2.75, 3.05) is 41.8 Å². The quantitative estimate of drug-likeness (QED) is 0.0779. The smallest absolute Gasteiger partial charge is 0.410 e. The number of carbonyl (C=O) groups excluding carboxylic acids is 5. The van der Waals surface area contributed by atoms with Crippen molar-refractivity contribution < 1.29 is 38.4 Å². The van der Waals surface area contributed by atoms with Crippen LogP contribution in [0.5, 0.6) is 5.75 Å². The van der Waals surface area contributed by atoms with Crippen molar-refractivity contribution in [1.82, 2.24) is 31.3 Å². The number of hydrogen-bond acceptors (Lipinski definition) is 12. The number of amides is 5. The maximum atomic E-state index is 11.8. The topological polar surface area (TPSA) is 245 Å². The van der Waals surface area contributed by atoms with Crippen LogP contribution in [-0.2, 0) is 23.9 Å². The van der Waals surface area contributed by atoms with Gasteiger partial charge in [-0.1, -0.05) is 54.4 Å². The number of likely N-dealkylation sites (N-methyl/N-ethyl adjacent to an activating group) is 2. The summed E-state index contributed by atoms with van der Waals surface area (Å²) < 4.78 is 13.0. The first-order chi connectivity index (χ1) is 22.9. The van der Waals surface area contributed by atoms with Crippen LogP contribution in [0.25, 0.3) is 0 Å². The third-order valence-corrected chi connectivity index (χ3v) is 7.02. The molecule has 0 saturated heterocycles. The molecule has 0 bridgehead atoms. The number of hydrogen-bond donors (Lipinski definition) is 8. The van der Waals surface area contributed by atoms with E-state index in [1.165, 1.54) is 52.5 Å². The fourth-order valence-electron chi connectivity index (χ4n) is 3.64. The molecular formula is C31H58N8O9S. The Morgan fingerprint density at radius 3 is 1.63 bits per heavy atom. The zero-order chi connectivity index (χ0) is 38.7. The maximum absolute atomic E-state index is 11.8. The standard InChI is InChI=1S/C13H16N4O6.C10H22O.C6H13N3O2.C2H7NS/c1-14-11(18)7-10(12(19)15-2)16-13(20)23-9-5-3-8(4-6-9)17(21)22;1-7(2)9(5)10(11-6)8(3)4;1-8-5(10)3-4(7)6(11)9-2;1-2-3-4/h3-6,10H,7H2,1-2H3,(H,14,18)(H,15,19)(H,16,20);7-10H,1-6H3;4H,3,7H2,1-2H3,(H,8,10)(H,9,11);3-4H,2H2,1H3. The summed E-state index contributed by atoms with van der Waals surface area (Å²) in [5.41, 5.74) is 5.18. The van der Waals surface area contributed by atoms with Crippen LogP contribution in [0, 0.1) is 27.9 Å². The summed E-state index contributed by atoms with van der Waals surface area (Å²) in [4.78, 5) is 66.1. The first-order valence-corrected chi connectivity index (χ1v) is 16.1. The van der Waals surface area contributed by atoms with Crippen LogP contribution in [-0.4, -0.2) is 94.7 Å². The minimum absolute atomic E-state index is 0.0240. The number of thiol groups is 1. The Morgan fingerprint density at radius 1 is 0.837 bits per heavy atom. The highest BCUT2D eigenvalue weighted by Crippen LogP contribution is 2.22. The average Bonchev–Trinajstić information content (AvgIpc) is 3.07. The number of nitro groups is 1. The van der Waals surface area contributed by atoms with Crippen LogP contribution in [0.3, 0.4) is 0 Å². The molecule has 1 aromatic rings. The highest BCUT2D eigenvalue weighted by atomic mass is 32.1. The molecule has 0 fully saturated rings. The largest absolute Gasteiger partial charge is 0.413 e. The van der Waals surface area contributed by atoms with Gasteiger partial charge in [-0.15, -0.1) is 0 Å². The monoisotopic (exact) mass is 718 g/mol. The number of nitrogens with zero attached hydrogens (tertiary/aromatic N) is 1. The van der Waals surface area contributed by atoms with Gasteiger partial charge in [0.1, 0.15) is 11.8 Å². The van der Waals surface area contributed by atoms with Crippen molar-refractivity contribution in [3.05, 3.63) is 34.4 Å². The molecule has 49 heavy (non-hydrogen) atoms. The predicted octanol–water partition coefficient (Wildman–Crippen LogP) is 1.52. The lowest BCUT2D eigenvalue weighted by Gasteiger charge is -2.28. The van der Waals surface area contributed by atoms with Gasteiger partial charge < -0.3 is 41.8 Å². The number of nitrogens with two attached hydrogens (primary N) is 1. The maximum Gasteiger partial charge on any atom is 0.413 e. The van der Waals surface area contributed by atoms with Gasteiger partial charge >= 0.3 is 6.09 Å². The minimum atomic E-state index is -1.11. The summed E-state index contributed by atoms with van der Waals surface area (Å²) in [6, 6.07) is 2.97. The van der Waals surface area contributed by atoms with Gasteiger partial charge in [-0.05, 0) is 29.9 Å². The summed E-state index contributed by atoms with van der Waals surface area (Å²) in [5, 5.41) is 22.2. The molecule has 4 unspecified atom stereocenters. The fraction of sp³-hybridized carbons (Fsp3) is 0.645. The molecule has 0 aromatic heterocycles. The molecular weight excluding hydrogens is 660 g/mol. The van der Waals surface area contributed by atoms with E-state index in [0.717, 1.165) is 6.54 Å². The lowest BCUT2D eigenvalue weighted by atomic mass is 9.86. The number of carbonyl (C=O) groups is 5. The van der Waals surface area contributed by atoms with Crippen molar-refractivity contribution in [3.63, 3.8) is 0 Å². The molecule has 0 saturated carbocycles. The fourth-order valence-corrected chi connectivity index (χ4v) is 3.64. The number of ether oxygens (including phenoxy) is 2. The van der Waals surface area contributed by atoms with Crippen molar-refractivity contribution >= 4 is 48.2 Å². The molecule has 5 amide bonds. The van der Waals surface area contributed by atoms with Crippen molar-refractivity contribution in [2.45, 2.75) is 72.6 Å². The zero-order valence-corrected chi connectivity index (χ0v) is 31.4. The Balaban J connectivity index is -0.000000680. The van der Waals surface area contributed by atoms with Gasteiger partial charge in [-0.2, -0.15) is 0 Å². The predicted molar refractivity (Wildman–Crippen MR) is 192 cm³/mol. The molecule has 8 N–H and O–H groups in total. The highest BCUT2D eigenvalue weighted by Gasteiger charge is 2.24. The molecule has 0 radical (unpaired) electrons. The van der Waals surface area contributed by atoms with E-state index >= 15 is 0 Å². The molecule has 4 atom stereocenters. The summed E-state index contributed by atoms with van der Waals surface area (Å²) in [6.45, 7) is 14.1. The SMILES string of the molecule is CCNS.CNC(=O)CC(N)C(=O)NC.CNC(=O)CC(NC(=O)Oc1ccc([N+](=O)[O-])cc1)C(=O)NC.COC(C(C)C)C(C)C(C)C.